The summed E-state index contributed by atoms with van der Waals surface area (Å²) < 4.78 is 5.26. The van der Waals surface area contributed by atoms with Crippen molar-refractivity contribution >= 4 is 0 Å². The zero-order chi connectivity index (χ0) is 10.2. The highest BCUT2D eigenvalue weighted by molar-refractivity contribution is 5.02. The number of hydrogen-bond donors (Lipinski definition) is 1. The second kappa shape index (κ2) is 6.22. The van der Waals surface area contributed by atoms with Crippen LogP contribution >= 0.6 is 0 Å². The fraction of sp³-hybridized carbons (Fsp3) is 0.545. The Balaban J connectivity index is 2.10. The molecular weight excluding hydrogens is 176 g/mol. The summed E-state index contributed by atoms with van der Waals surface area (Å²) >= 11 is 0. The lowest BCUT2D eigenvalue weighted by molar-refractivity contribution is 0.427. The van der Waals surface area contributed by atoms with Crippen molar-refractivity contribution in [3.8, 4) is 6.07 Å². The van der Waals surface area contributed by atoms with Crippen molar-refractivity contribution in [2.24, 2.45) is 0 Å². The highest BCUT2D eigenvalue weighted by Crippen LogP contribution is 2.11. The van der Waals surface area contributed by atoms with Crippen molar-refractivity contribution in [1.82, 2.24) is 5.32 Å². The monoisotopic (exact) mass is 192 g/mol. The number of unbranched alkanes of at least 4 members (excludes halogenated alkanes) is 2. The highest BCUT2D eigenvalue weighted by Gasteiger charge is 2.05. The van der Waals surface area contributed by atoms with Crippen LogP contribution in [0.5, 0.6) is 0 Å². The molecule has 0 aliphatic rings. The Bertz CT molecular complexity index is 274. The maximum atomic E-state index is 8.34. The quantitative estimate of drug-likeness (QED) is 0.705. The molecule has 1 atom stereocenters. The average Bonchev–Trinajstić information content (AvgIpc) is 2.70. The third-order valence-electron chi connectivity index (χ3n) is 2.14. The summed E-state index contributed by atoms with van der Waals surface area (Å²) in [6.07, 6.45) is 4.34. The molecule has 0 spiro atoms. The first-order chi connectivity index (χ1) is 6.84. The van der Waals surface area contributed by atoms with Gasteiger partial charge in [-0.15, -0.1) is 0 Å². The van der Waals surface area contributed by atoms with Crippen molar-refractivity contribution in [1.29, 1.82) is 5.26 Å². The second-order valence-corrected chi connectivity index (χ2v) is 3.31. The number of furan rings is 1. The number of nitrogens with one attached hydrogen (secondary N) is 1. The maximum absolute atomic E-state index is 8.34. The number of hydrogen-bond acceptors (Lipinski definition) is 3. The first-order valence-electron chi connectivity index (χ1n) is 4.98. The molecule has 0 radical (unpaired) electrons. The molecule has 1 aromatic rings. The lowest BCUT2D eigenvalue weighted by atomic mass is 10.2. The SMILES string of the molecule is C[C@H](NCCCCC#N)c1ccco1. The van der Waals surface area contributed by atoms with E-state index in [4.69, 9.17) is 9.68 Å². The van der Waals surface area contributed by atoms with E-state index in [1.807, 2.05) is 12.1 Å². The third kappa shape index (κ3) is 3.63. The van der Waals surface area contributed by atoms with E-state index in [9.17, 15) is 0 Å². The molecule has 1 rings (SSSR count). The van der Waals surface area contributed by atoms with Gasteiger partial charge in [-0.2, -0.15) is 5.26 Å². The summed E-state index contributed by atoms with van der Waals surface area (Å²) in [5.74, 6) is 0.963. The van der Waals surface area contributed by atoms with Gasteiger partial charge in [0.25, 0.3) is 0 Å². The zero-order valence-corrected chi connectivity index (χ0v) is 8.49. The molecule has 76 valence electrons. The fourth-order valence-electron chi connectivity index (χ4n) is 1.29. The summed E-state index contributed by atoms with van der Waals surface area (Å²) in [5, 5.41) is 11.7. The van der Waals surface area contributed by atoms with E-state index in [2.05, 4.69) is 18.3 Å². The Morgan fingerprint density at radius 3 is 3.07 bits per heavy atom. The van der Waals surface area contributed by atoms with Gasteiger partial charge < -0.3 is 9.73 Å². The molecule has 0 saturated heterocycles. The molecule has 1 N–H and O–H groups in total. The standard InChI is InChI=1S/C11H16N2O/c1-10(11-6-5-9-14-11)13-8-4-2-3-7-12/h5-6,9-10,13H,2-4,8H2,1H3/t10-/m0/s1. The molecule has 0 bridgehead atoms. The predicted molar refractivity (Wildman–Crippen MR) is 54.6 cm³/mol. The number of nitriles is 1. The molecule has 1 aromatic heterocycles. The molecule has 0 saturated carbocycles. The first kappa shape index (κ1) is 10.8. The second-order valence-electron chi connectivity index (χ2n) is 3.31. The first-order valence-corrected chi connectivity index (χ1v) is 4.98. The summed E-state index contributed by atoms with van der Waals surface area (Å²) in [6.45, 7) is 3.01. The molecule has 3 nitrogen and oxygen atoms in total. The summed E-state index contributed by atoms with van der Waals surface area (Å²) in [6, 6.07) is 6.25. The molecule has 0 aliphatic heterocycles. The third-order valence-corrected chi connectivity index (χ3v) is 2.14. The number of nitrogens with zero attached hydrogens (tertiary/aromatic N) is 1. The zero-order valence-electron chi connectivity index (χ0n) is 8.49. The van der Waals surface area contributed by atoms with Crippen LogP contribution in [0.15, 0.2) is 22.8 Å². The van der Waals surface area contributed by atoms with Crippen LogP contribution in [0.4, 0.5) is 0 Å². The van der Waals surface area contributed by atoms with E-state index in [-0.39, 0.29) is 6.04 Å². The predicted octanol–water partition coefficient (Wildman–Crippen LogP) is 2.62. The largest absolute Gasteiger partial charge is 0.468 e. The minimum atomic E-state index is 0.257. The molecule has 3 heteroatoms. The van der Waals surface area contributed by atoms with E-state index in [0.717, 1.165) is 25.1 Å². The van der Waals surface area contributed by atoms with E-state index in [1.54, 1.807) is 6.26 Å². The maximum Gasteiger partial charge on any atom is 0.120 e. The minimum absolute atomic E-state index is 0.257. The van der Waals surface area contributed by atoms with Gasteiger partial charge in [-0.05, 0) is 38.4 Å². The fourth-order valence-corrected chi connectivity index (χ4v) is 1.29. The molecular formula is C11H16N2O. The van der Waals surface area contributed by atoms with E-state index < -0.39 is 0 Å². The molecule has 0 unspecified atom stereocenters. The van der Waals surface area contributed by atoms with Gasteiger partial charge in [-0.1, -0.05) is 0 Å². The van der Waals surface area contributed by atoms with E-state index in [1.165, 1.54) is 0 Å². The van der Waals surface area contributed by atoms with Crippen molar-refractivity contribution in [3.63, 3.8) is 0 Å². The Morgan fingerprint density at radius 1 is 1.57 bits per heavy atom. The Kier molecular flexibility index (Phi) is 4.81. The van der Waals surface area contributed by atoms with Crippen LogP contribution in [0.2, 0.25) is 0 Å². The van der Waals surface area contributed by atoms with Crippen LogP contribution in [-0.2, 0) is 0 Å². The van der Waals surface area contributed by atoms with E-state index >= 15 is 0 Å². The smallest absolute Gasteiger partial charge is 0.120 e. The van der Waals surface area contributed by atoms with Crippen molar-refractivity contribution < 1.29 is 4.42 Å². The summed E-state index contributed by atoms with van der Waals surface area (Å²) in [5.41, 5.74) is 0. The van der Waals surface area contributed by atoms with Crippen molar-refractivity contribution in [2.75, 3.05) is 6.54 Å². The molecule has 0 aromatic carbocycles. The number of rotatable bonds is 6. The van der Waals surface area contributed by atoms with Crippen LogP contribution in [0.25, 0.3) is 0 Å². The van der Waals surface area contributed by atoms with Crippen molar-refractivity contribution in [2.45, 2.75) is 32.2 Å². The Morgan fingerprint density at radius 2 is 2.43 bits per heavy atom. The Labute approximate surface area is 84.7 Å². The molecule has 0 fully saturated rings. The lowest BCUT2D eigenvalue weighted by Gasteiger charge is -2.10. The van der Waals surface area contributed by atoms with Gasteiger partial charge in [0.1, 0.15) is 5.76 Å². The van der Waals surface area contributed by atoms with E-state index in [0.29, 0.717) is 6.42 Å². The van der Waals surface area contributed by atoms with Crippen molar-refractivity contribution in [3.05, 3.63) is 24.2 Å². The summed E-state index contributed by atoms with van der Waals surface area (Å²) in [7, 11) is 0. The van der Waals surface area contributed by atoms with Crippen LogP contribution < -0.4 is 5.32 Å². The van der Waals surface area contributed by atoms with Gasteiger partial charge in [0.15, 0.2) is 0 Å². The average molecular weight is 192 g/mol. The van der Waals surface area contributed by atoms with Gasteiger partial charge in [-0.3, -0.25) is 0 Å². The van der Waals surface area contributed by atoms with Gasteiger partial charge in [0.05, 0.1) is 18.4 Å². The molecule has 1 heterocycles. The summed E-state index contributed by atoms with van der Waals surface area (Å²) in [4.78, 5) is 0. The van der Waals surface area contributed by atoms with Crippen LogP contribution in [0.1, 0.15) is 38.0 Å². The van der Waals surface area contributed by atoms with Crippen LogP contribution in [0, 0.1) is 11.3 Å². The topological polar surface area (TPSA) is 49.0 Å². The normalized spacial score (nSPS) is 12.3. The molecule has 0 aliphatic carbocycles. The highest BCUT2D eigenvalue weighted by atomic mass is 16.3. The minimum Gasteiger partial charge on any atom is -0.468 e. The van der Waals surface area contributed by atoms with Gasteiger partial charge in [0, 0.05) is 6.42 Å². The van der Waals surface area contributed by atoms with Gasteiger partial charge >= 0.3 is 0 Å². The van der Waals surface area contributed by atoms with Crippen LogP contribution in [0.3, 0.4) is 0 Å². The van der Waals surface area contributed by atoms with Gasteiger partial charge in [0.2, 0.25) is 0 Å². The lowest BCUT2D eigenvalue weighted by Crippen LogP contribution is -2.19. The Hall–Kier alpha value is -1.27. The molecule has 14 heavy (non-hydrogen) atoms. The molecule has 0 amide bonds. The van der Waals surface area contributed by atoms with Crippen LogP contribution in [-0.4, -0.2) is 6.54 Å². The van der Waals surface area contributed by atoms with Gasteiger partial charge in [-0.25, -0.2) is 0 Å².